The van der Waals surface area contributed by atoms with Gasteiger partial charge in [0.05, 0.1) is 17.9 Å². The number of carbonyl (C=O) groups is 1. The van der Waals surface area contributed by atoms with E-state index >= 15 is 4.39 Å². The van der Waals surface area contributed by atoms with Gasteiger partial charge in [-0.1, -0.05) is 19.4 Å². The number of aliphatic hydroxyl groups excluding tert-OH is 1. The minimum absolute atomic E-state index is 0.0939. The normalized spacial score (nSPS) is 21.3. The number of amides is 1. The van der Waals surface area contributed by atoms with Gasteiger partial charge in [0.25, 0.3) is 5.91 Å². The average molecular weight is 549 g/mol. The summed E-state index contributed by atoms with van der Waals surface area (Å²) in [6.45, 7) is 0.343. The van der Waals surface area contributed by atoms with Crippen LogP contribution >= 0.6 is 10.2 Å². The Morgan fingerprint density at radius 3 is 2.49 bits per heavy atom. The lowest BCUT2D eigenvalue weighted by Crippen LogP contribution is -2.38. The lowest BCUT2D eigenvalue weighted by atomic mass is 9.86. The summed E-state index contributed by atoms with van der Waals surface area (Å²) in [5, 5.41) is 11.0. The highest BCUT2D eigenvalue weighted by molar-refractivity contribution is 8.45. The molecule has 13 heteroatoms. The van der Waals surface area contributed by atoms with Gasteiger partial charge in [0.15, 0.2) is 0 Å². The number of fused-ring (bicyclic) bond motifs is 3. The number of H-pyrrole nitrogens is 1. The largest absolute Gasteiger partial charge is 0.398 e. The molecule has 2 aromatic heterocycles. The highest BCUT2D eigenvalue weighted by atomic mass is 32.5. The summed E-state index contributed by atoms with van der Waals surface area (Å²) in [6.07, 6.45) is 3.91. The number of nitrogen functional groups attached to an aromatic ring is 1. The molecule has 1 saturated heterocycles. The van der Waals surface area contributed by atoms with Crippen molar-refractivity contribution in [1.82, 2.24) is 14.9 Å². The number of likely N-dealkylation sites (tertiary alicyclic amines) is 1. The van der Waals surface area contributed by atoms with Crippen molar-refractivity contribution in [3.05, 3.63) is 52.6 Å². The molecule has 2 aliphatic rings. The summed E-state index contributed by atoms with van der Waals surface area (Å²) in [7, 11) is -9.93. The molecule has 6 nitrogen and oxygen atoms in total. The van der Waals surface area contributed by atoms with E-state index in [4.69, 9.17) is 5.73 Å². The van der Waals surface area contributed by atoms with Gasteiger partial charge in [-0.25, -0.2) is 9.37 Å². The Bertz CT molecular complexity index is 1400. The van der Waals surface area contributed by atoms with Crippen LogP contribution in [-0.4, -0.2) is 45.1 Å². The number of carbonyl (C=O) groups excluding carboxylic acids is 1. The number of aryl methyl sites for hydroxylation is 1. The van der Waals surface area contributed by atoms with Crippen molar-refractivity contribution in [2.24, 2.45) is 0 Å². The Balaban J connectivity index is 1.39. The minimum atomic E-state index is -9.93. The van der Waals surface area contributed by atoms with Crippen LogP contribution in [0.25, 0.3) is 11.0 Å². The fourth-order valence-electron chi connectivity index (χ4n) is 5.48. The van der Waals surface area contributed by atoms with E-state index in [-0.39, 0.29) is 36.7 Å². The summed E-state index contributed by atoms with van der Waals surface area (Å²) in [4.78, 5) is 19.6. The third kappa shape index (κ3) is 4.86. The van der Waals surface area contributed by atoms with Gasteiger partial charge in [-0.2, -0.15) is 0 Å². The van der Waals surface area contributed by atoms with Gasteiger partial charge >= 0.3 is 10.2 Å². The van der Waals surface area contributed by atoms with Crippen molar-refractivity contribution in [3.63, 3.8) is 0 Å². The molecule has 37 heavy (non-hydrogen) atoms. The number of anilines is 1. The monoisotopic (exact) mass is 548 g/mol. The number of benzene rings is 1. The standard InChI is InChI=1S/C24H26F6N4O2S/c25-18-12-32-23-22(17-10-14(35)2-1-3-20(17)33-23)21(18)13-6-8-34(9-7-13)24(36)16-5-4-15(11-19(16)31)37(26,27,28,29)30/h4-5,11-14,35H,1-3,6-10,31H2,(H,32,33). The van der Waals surface area contributed by atoms with E-state index in [2.05, 4.69) is 9.97 Å². The van der Waals surface area contributed by atoms with Gasteiger partial charge in [0.1, 0.15) is 16.4 Å². The fourth-order valence-corrected chi connectivity index (χ4v) is 6.15. The second-order valence-electron chi connectivity index (χ2n) is 9.86. The molecule has 0 saturated carbocycles. The Hall–Kier alpha value is -2.93. The number of piperidine rings is 1. The van der Waals surface area contributed by atoms with E-state index < -0.39 is 38.6 Å². The van der Waals surface area contributed by atoms with Crippen LogP contribution in [-0.2, 0) is 12.8 Å². The third-order valence-corrected chi connectivity index (χ3v) is 8.44. The van der Waals surface area contributed by atoms with Crippen LogP contribution in [0, 0.1) is 5.82 Å². The number of aromatic amines is 1. The minimum Gasteiger partial charge on any atom is -0.398 e. The molecule has 202 valence electrons. The van der Waals surface area contributed by atoms with Gasteiger partial charge < -0.3 is 20.7 Å². The Morgan fingerprint density at radius 1 is 1.14 bits per heavy atom. The molecule has 0 bridgehead atoms. The van der Waals surface area contributed by atoms with Crippen LogP contribution in [0.2, 0.25) is 0 Å². The van der Waals surface area contributed by atoms with Crippen LogP contribution in [0.4, 0.5) is 29.5 Å². The summed E-state index contributed by atoms with van der Waals surface area (Å²) in [5.74, 6) is -1.42. The van der Waals surface area contributed by atoms with E-state index in [1.165, 1.54) is 4.90 Å². The highest BCUT2D eigenvalue weighted by Gasteiger charge is 2.65. The number of aromatic nitrogens is 2. The average Bonchev–Trinajstić information content (AvgIpc) is 3.03. The summed E-state index contributed by atoms with van der Waals surface area (Å²) < 4.78 is 80.6. The Labute approximate surface area is 208 Å². The van der Waals surface area contributed by atoms with Crippen LogP contribution in [0.3, 0.4) is 0 Å². The van der Waals surface area contributed by atoms with E-state index in [1.54, 1.807) is 0 Å². The van der Waals surface area contributed by atoms with Crippen LogP contribution in [0.1, 0.15) is 58.8 Å². The second kappa shape index (κ2) is 8.03. The van der Waals surface area contributed by atoms with Crippen molar-refractivity contribution >= 4 is 32.9 Å². The van der Waals surface area contributed by atoms with Crippen molar-refractivity contribution in [2.75, 3.05) is 18.8 Å². The van der Waals surface area contributed by atoms with E-state index in [1.807, 2.05) is 0 Å². The molecule has 5 rings (SSSR count). The number of halogens is 6. The van der Waals surface area contributed by atoms with Crippen molar-refractivity contribution < 1.29 is 33.7 Å². The fraction of sp³-hybridized carbons (Fsp3) is 0.417. The quantitative estimate of drug-likeness (QED) is 0.206. The van der Waals surface area contributed by atoms with Gasteiger partial charge in [0, 0.05) is 41.8 Å². The molecule has 0 radical (unpaired) electrons. The number of rotatable bonds is 3. The van der Waals surface area contributed by atoms with E-state index in [0.29, 0.717) is 48.3 Å². The lowest BCUT2D eigenvalue weighted by Gasteiger charge is -2.40. The molecule has 4 N–H and O–H groups in total. The molecule has 1 aliphatic heterocycles. The molecule has 1 aliphatic carbocycles. The highest BCUT2D eigenvalue weighted by Crippen LogP contribution is 3.02. The molecular weight excluding hydrogens is 522 g/mol. The molecular formula is C24H26F6N4O2S. The maximum absolute atomic E-state index is 15.1. The van der Waals surface area contributed by atoms with E-state index in [0.717, 1.165) is 30.3 Å². The topological polar surface area (TPSA) is 95.2 Å². The van der Waals surface area contributed by atoms with Crippen molar-refractivity contribution in [2.45, 2.75) is 55.4 Å². The molecule has 3 aromatic rings. The Kier molecular flexibility index (Phi) is 5.58. The predicted octanol–water partition coefficient (Wildman–Crippen LogP) is 6.20. The van der Waals surface area contributed by atoms with Crippen LogP contribution in [0.15, 0.2) is 29.3 Å². The first kappa shape index (κ1) is 25.7. The lowest BCUT2D eigenvalue weighted by molar-refractivity contribution is 0.0713. The number of hydrogen-bond donors (Lipinski definition) is 3. The molecule has 0 spiro atoms. The van der Waals surface area contributed by atoms with E-state index in [9.17, 15) is 29.3 Å². The maximum Gasteiger partial charge on any atom is 0.310 e. The number of nitrogens with two attached hydrogens (primary N) is 1. The number of nitrogens with one attached hydrogen (secondary N) is 1. The smallest absolute Gasteiger partial charge is 0.310 e. The molecule has 1 fully saturated rings. The molecule has 1 amide bonds. The van der Waals surface area contributed by atoms with Crippen molar-refractivity contribution in [3.8, 4) is 0 Å². The zero-order valence-electron chi connectivity index (χ0n) is 19.6. The third-order valence-electron chi connectivity index (χ3n) is 7.30. The molecule has 1 atom stereocenters. The summed E-state index contributed by atoms with van der Waals surface area (Å²) in [5.41, 5.74) is 7.41. The Morgan fingerprint density at radius 2 is 1.84 bits per heavy atom. The summed E-state index contributed by atoms with van der Waals surface area (Å²) >= 11 is 0. The van der Waals surface area contributed by atoms with Gasteiger partial charge in [-0.05, 0) is 61.8 Å². The number of nitrogens with zero attached hydrogens (tertiary/aromatic N) is 2. The molecule has 1 aromatic carbocycles. The van der Waals surface area contributed by atoms with Crippen LogP contribution in [0.5, 0.6) is 0 Å². The number of hydrogen-bond acceptors (Lipinski definition) is 4. The first-order valence-electron chi connectivity index (χ1n) is 11.9. The van der Waals surface area contributed by atoms with Gasteiger partial charge in [0.2, 0.25) is 0 Å². The van der Waals surface area contributed by atoms with Crippen LogP contribution < -0.4 is 5.73 Å². The van der Waals surface area contributed by atoms with Gasteiger partial charge in [-0.15, -0.1) is 0 Å². The number of aliphatic hydroxyl groups is 1. The van der Waals surface area contributed by atoms with Crippen molar-refractivity contribution in [1.29, 1.82) is 0 Å². The number of pyridine rings is 1. The maximum atomic E-state index is 15.1. The first-order chi connectivity index (χ1) is 17.1. The van der Waals surface area contributed by atoms with Gasteiger partial charge in [-0.3, -0.25) is 4.79 Å². The first-order valence-corrected chi connectivity index (χ1v) is 13.9. The second-order valence-corrected chi connectivity index (χ2v) is 12.3. The molecule has 1 unspecified atom stereocenters. The zero-order valence-corrected chi connectivity index (χ0v) is 20.4. The predicted molar refractivity (Wildman–Crippen MR) is 129 cm³/mol. The SMILES string of the molecule is Nc1cc(S(F)(F)(F)(F)F)ccc1C(=O)N1CCC(c2c(F)cnc3[nH]c4c(c23)CC(O)CCC4)CC1. The zero-order chi connectivity index (χ0) is 26.8. The molecule has 3 heterocycles. The summed E-state index contributed by atoms with van der Waals surface area (Å²) in [6, 6.07) is 0.938.